The van der Waals surface area contributed by atoms with Crippen LogP contribution in [0.1, 0.15) is 205 Å². The molecular weight excluding hydrogens is 532 g/mol. The molecule has 44 heavy (non-hydrogen) atoms. The number of aromatic nitrogens is 2. The van der Waals surface area contributed by atoms with Crippen LogP contribution in [0.3, 0.4) is 0 Å². The lowest BCUT2D eigenvalue weighted by atomic mass is 10.0. The van der Waals surface area contributed by atoms with Crippen LogP contribution in [0.15, 0.2) is 42.7 Å². The summed E-state index contributed by atoms with van der Waals surface area (Å²) in [7, 11) is 0. The van der Waals surface area contributed by atoms with Crippen molar-refractivity contribution in [2.45, 2.75) is 213 Å². The van der Waals surface area contributed by atoms with E-state index in [0.29, 0.717) is 0 Å². The molecule has 1 aromatic carbocycles. The molecule has 0 saturated carbocycles. The summed E-state index contributed by atoms with van der Waals surface area (Å²) in [5, 5.41) is 0. The Bertz CT molecular complexity index is 804. The van der Waals surface area contributed by atoms with Gasteiger partial charge in [0.1, 0.15) is 12.4 Å². The Morgan fingerprint density at radius 3 is 1.27 bits per heavy atom. The van der Waals surface area contributed by atoms with E-state index in [0.717, 1.165) is 6.42 Å². The molecule has 0 saturated heterocycles. The van der Waals surface area contributed by atoms with Crippen LogP contribution in [-0.4, -0.2) is 4.57 Å². The molecule has 0 bridgehead atoms. The van der Waals surface area contributed by atoms with Gasteiger partial charge >= 0.3 is 0 Å². The van der Waals surface area contributed by atoms with Gasteiger partial charge in [0.2, 0.25) is 0 Å². The van der Waals surface area contributed by atoms with Crippen molar-refractivity contribution in [2.75, 3.05) is 0 Å². The molecule has 252 valence electrons. The number of benzene rings is 1. The summed E-state index contributed by atoms with van der Waals surface area (Å²) in [6, 6.07) is 11.1. The van der Waals surface area contributed by atoms with Crippen molar-refractivity contribution in [2.24, 2.45) is 0 Å². The smallest absolute Gasteiger partial charge is 0.234 e. The van der Waals surface area contributed by atoms with Crippen molar-refractivity contribution in [1.82, 2.24) is 4.57 Å². The van der Waals surface area contributed by atoms with E-state index < -0.39 is 0 Å². The van der Waals surface area contributed by atoms with Gasteiger partial charge in [0.25, 0.3) is 5.82 Å². The third-order valence-corrected chi connectivity index (χ3v) is 9.80. The molecule has 1 heterocycles. The maximum Gasteiger partial charge on any atom is 0.260 e. The van der Waals surface area contributed by atoms with Crippen LogP contribution >= 0.6 is 0 Å². The van der Waals surface area contributed by atoms with Crippen molar-refractivity contribution in [3.8, 4) is 0 Å². The minimum Gasteiger partial charge on any atom is -0.234 e. The molecular formula is C42H75N2+. The zero-order valence-electron chi connectivity index (χ0n) is 29.9. The third kappa shape index (κ3) is 20.5. The quantitative estimate of drug-likeness (QED) is 0.0578. The maximum atomic E-state index is 2.57. The minimum atomic E-state index is 1.05. The molecule has 2 rings (SSSR count). The molecule has 2 aromatic rings. The monoisotopic (exact) mass is 608 g/mol. The fourth-order valence-electron chi connectivity index (χ4n) is 6.84. The van der Waals surface area contributed by atoms with Gasteiger partial charge in [0.15, 0.2) is 0 Å². The normalized spacial score (nSPS) is 11.5. The fraction of sp³-hybridized carbons (Fsp3) is 0.786. The lowest BCUT2D eigenvalue weighted by Gasteiger charge is -2.07. The SMILES string of the molecule is CCCCCCCCCCCCCCCCn1cc[n+](CCCCCCCCCCCCCCCC)c1Cc1ccccc1. The molecule has 2 heteroatoms. The molecule has 0 N–H and O–H groups in total. The van der Waals surface area contributed by atoms with Gasteiger partial charge in [-0.15, -0.1) is 0 Å². The van der Waals surface area contributed by atoms with Crippen LogP contribution in [0.2, 0.25) is 0 Å². The lowest BCUT2D eigenvalue weighted by Crippen LogP contribution is -2.37. The number of rotatable bonds is 32. The van der Waals surface area contributed by atoms with Gasteiger partial charge in [0.05, 0.1) is 19.5 Å². The second-order valence-corrected chi connectivity index (χ2v) is 14.0. The van der Waals surface area contributed by atoms with Crippen LogP contribution in [0.25, 0.3) is 0 Å². The van der Waals surface area contributed by atoms with E-state index in [9.17, 15) is 0 Å². The number of imidazole rings is 1. The topological polar surface area (TPSA) is 8.81 Å². The van der Waals surface area contributed by atoms with Crippen LogP contribution in [0.5, 0.6) is 0 Å². The second-order valence-electron chi connectivity index (χ2n) is 14.0. The predicted octanol–water partition coefficient (Wildman–Crippen LogP) is 13.3. The zero-order valence-corrected chi connectivity index (χ0v) is 29.9. The van der Waals surface area contributed by atoms with Gasteiger partial charge in [-0.3, -0.25) is 0 Å². The lowest BCUT2D eigenvalue weighted by molar-refractivity contribution is -0.703. The Kier molecular flexibility index (Phi) is 25.3. The van der Waals surface area contributed by atoms with E-state index in [1.54, 1.807) is 0 Å². The van der Waals surface area contributed by atoms with Gasteiger partial charge in [-0.2, -0.15) is 0 Å². The highest BCUT2D eigenvalue weighted by atomic mass is 15.1. The van der Waals surface area contributed by atoms with Gasteiger partial charge in [-0.25, -0.2) is 9.13 Å². The summed E-state index contributed by atoms with van der Waals surface area (Å²) in [6.07, 6.45) is 45.7. The van der Waals surface area contributed by atoms with E-state index >= 15 is 0 Å². The van der Waals surface area contributed by atoms with Crippen LogP contribution in [0, 0.1) is 0 Å². The highest BCUT2D eigenvalue weighted by Gasteiger charge is 2.17. The first-order valence-electron chi connectivity index (χ1n) is 20.0. The Labute approximate surface area is 275 Å². The Hall–Kier alpha value is -1.57. The van der Waals surface area contributed by atoms with E-state index in [2.05, 4.69) is 65.7 Å². The van der Waals surface area contributed by atoms with Gasteiger partial charge in [0, 0.05) is 0 Å². The van der Waals surface area contributed by atoms with E-state index in [1.165, 1.54) is 204 Å². The molecule has 0 unspecified atom stereocenters. The Morgan fingerprint density at radius 1 is 0.455 bits per heavy atom. The summed E-state index contributed by atoms with van der Waals surface area (Å²) in [4.78, 5) is 0. The molecule has 0 fully saturated rings. The number of unbranched alkanes of at least 4 members (excludes halogenated alkanes) is 26. The van der Waals surface area contributed by atoms with E-state index in [1.807, 2.05) is 0 Å². The predicted molar refractivity (Wildman–Crippen MR) is 194 cm³/mol. The third-order valence-electron chi connectivity index (χ3n) is 9.80. The molecule has 0 amide bonds. The summed E-state index contributed by atoms with van der Waals surface area (Å²) >= 11 is 0. The van der Waals surface area contributed by atoms with Crippen LogP contribution < -0.4 is 4.57 Å². The first-order chi connectivity index (χ1) is 21.8. The van der Waals surface area contributed by atoms with Crippen molar-refractivity contribution in [3.05, 3.63) is 54.1 Å². The minimum absolute atomic E-state index is 1.05. The van der Waals surface area contributed by atoms with Gasteiger partial charge < -0.3 is 0 Å². The maximum absolute atomic E-state index is 2.57. The van der Waals surface area contributed by atoms with E-state index in [4.69, 9.17) is 0 Å². The van der Waals surface area contributed by atoms with Crippen molar-refractivity contribution in [3.63, 3.8) is 0 Å². The number of aryl methyl sites for hydroxylation is 2. The van der Waals surface area contributed by atoms with Crippen LogP contribution in [0.4, 0.5) is 0 Å². The molecule has 0 aliphatic heterocycles. The highest BCUT2D eigenvalue weighted by Crippen LogP contribution is 2.16. The van der Waals surface area contributed by atoms with Crippen LogP contribution in [-0.2, 0) is 19.5 Å². The number of nitrogens with zero attached hydrogens (tertiary/aromatic N) is 2. The van der Waals surface area contributed by atoms with Crippen molar-refractivity contribution in [1.29, 1.82) is 0 Å². The first-order valence-corrected chi connectivity index (χ1v) is 20.0. The average molecular weight is 608 g/mol. The summed E-state index contributed by atoms with van der Waals surface area (Å²) in [5.74, 6) is 1.50. The molecule has 0 spiro atoms. The Balaban J connectivity index is 1.57. The second kappa shape index (κ2) is 28.9. The molecule has 2 nitrogen and oxygen atoms in total. The highest BCUT2D eigenvalue weighted by molar-refractivity contribution is 5.18. The molecule has 1 aromatic heterocycles. The summed E-state index contributed by atoms with van der Waals surface area (Å²) < 4.78 is 5.13. The summed E-state index contributed by atoms with van der Waals surface area (Å²) in [5.41, 5.74) is 1.43. The molecule has 0 aliphatic carbocycles. The zero-order chi connectivity index (χ0) is 31.2. The molecule has 0 radical (unpaired) electrons. The largest absolute Gasteiger partial charge is 0.260 e. The first kappa shape index (κ1) is 38.6. The molecule has 0 atom stereocenters. The fourth-order valence-corrected chi connectivity index (χ4v) is 6.84. The van der Waals surface area contributed by atoms with E-state index in [-0.39, 0.29) is 0 Å². The molecule has 0 aliphatic rings. The number of hydrogen-bond donors (Lipinski definition) is 0. The standard InChI is InChI=1S/C42H75N2/c1-3-5-7-9-11-13-15-17-19-21-23-25-27-32-36-43-38-39-44(42(43)40-41-34-30-29-31-35-41)37-33-28-26-24-22-20-18-16-14-12-10-8-6-4-2/h29-31,34-35,38-39H,3-28,32-33,36-37,40H2,1-2H3/q+1. The van der Waals surface area contributed by atoms with Crippen molar-refractivity contribution < 1.29 is 4.57 Å². The van der Waals surface area contributed by atoms with Gasteiger partial charge in [-0.05, 0) is 31.2 Å². The average Bonchev–Trinajstić information content (AvgIpc) is 3.42. The van der Waals surface area contributed by atoms with Gasteiger partial charge in [-0.1, -0.05) is 198 Å². The Morgan fingerprint density at radius 2 is 0.841 bits per heavy atom. The number of hydrogen-bond acceptors (Lipinski definition) is 0. The van der Waals surface area contributed by atoms with Crippen molar-refractivity contribution >= 4 is 0 Å². The summed E-state index contributed by atoms with van der Waals surface area (Å²) in [6.45, 7) is 6.96.